The summed E-state index contributed by atoms with van der Waals surface area (Å²) in [7, 11) is 0. The molecule has 0 radical (unpaired) electrons. The predicted octanol–water partition coefficient (Wildman–Crippen LogP) is 5.68. The molecule has 4 aromatic rings. The number of carbonyl (C=O) groups excluding carboxylic acids is 1. The molecule has 1 aromatic heterocycles. The highest BCUT2D eigenvalue weighted by Crippen LogP contribution is 2.28. The van der Waals surface area contributed by atoms with E-state index in [0.29, 0.717) is 24.4 Å². The van der Waals surface area contributed by atoms with Crippen LogP contribution in [0.5, 0.6) is 5.75 Å². The van der Waals surface area contributed by atoms with E-state index < -0.39 is 5.82 Å². The molecule has 0 aliphatic heterocycles. The lowest BCUT2D eigenvalue weighted by molar-refractivity contribution is -0.120. The zero-order valence-corrected chi connectivity index (χ0v) is 17.4. The maximum atomic E-state index is 13.6. The molecule has 6 heteroatoms. The van der Waals surface area contributed by atoms with Gasteiger partial charge in [0.1, 0.15) is 11.6 Å². The maximum Gasteiger partial charge on any atom is 0.264 e. The Labute approximate surface area is 184 Å². The molecule has 4 rings (SSSR count). The Morgan fingerprint density at radius 1 is 1.03 bits per heavy atom. The van der Waals surface area contributed by atoms with Gasteiger partial charge in [-0.3, -0.25) is 9.78 Å². The Bertz CT molecular complexity index is 1200. The molecule has 1 heterocycles. The van der Waals surface area contributed by atoms with Crippen molar-refractivity contribution in [1.29, 1.82) is 0 Å². The lowest BCUT2D eigenvalue weighted by Gasteiger charge is -2.24. The fourth-order valence-corrected chi connectivity index (χ4v) is 3.67. The molecule has 31 heavy (non-hydrogen) atoms. The Kier molecular flexibility index (Phi) is 6.43. The summed E-state index contributed by atoms with van der Waals surface area (Å²) < 4.78 is 19.4. The number of anilines is 1. The first-order valence-electron chi connectivity index (χ1n) is 9.87. The minimum Gasteiger partial charge on any atom is -0.483 e. The van der Waals surface area contributed by atoms with Gasteiger partial charge in [0, 0.05) is 29.7 Å². The van der Waals surface area contributed by atoms with Crippen molar-refractivity contribution in [1.82, 2.24) is 4.98 Å². The molecule has 156 valence electrons. The number of amides is 1. The van der Waals surface area contributed by atoms with E-state index in [4.69, 9.17) is 16.3 Å². The van der Waals surface area contributed by atoms with Crippen LogP contribution >= 0.6 is 11.6 Å². The van der Waals surface area contributed by atoms with Crippen molar-refractivity contribution in [3.63, 3.8) is 0 Å². The summed E-state index contributed by atoms with van der Waals surface area (Å²) >= 11 is 6.26. The molecule has 0 aliphatic rings. The number of nitrogens with zero attached hydrogens (tertiary/aromatic N) is 2. The minimum absolute atomic E-state index is 0.177. The first-order chi connectivity index (χ1) is 15.1. The van der Waals surface area contributed by atoms with E-state index in [1.807, 2.05) is 54.6 Å². The van der Waals surface area contributed by atoms with Crippen LogP contribution < -0.4 is 9.64 Å². The van der Waals surface area contributed by atoms with Crippen LogP contribution in [0.2, 0.25) is 5.02 Å². The molecule has 0 spiro atoms. The summed E-state index contributed by atoms with van der Waals surface area (Å²) in [5, 5.41) is 1.98. The van der Waals surface area contributed by atoms with E-state index >= 15 is 0 Å². The number of hydrogen-bond donors (Lipinski definition) is 0. The maximum absolute atomic E-state index is 13.6. The normalized spacial score (nSPS) is 10.8. The average molecular weight is 435 g/mol. The number of pyridine rings is 1. The predicted molar refractivity (Wildman–Crippen MR) is 121 cm³/mol. The highest BCUT2D eigenvalue weighted by atomic mass is 35.5. The molecule has 0 saturated carbocycles. The largest absolute Gasteiger partial charge is 0.483 e. The van der Waals surface area contributed by atoms with Crippen LogP contribution in [0, 0.1) is 5.82 Å². The van der Waals surface area contributed by atoms with Crippen molar-refractivity contribution in [2.45, 2.75) is 6.42 Å². The Balaban J connectivity index is 1.55. The van der Waals surface area contributed by atoms with E-state index in [0.717, 1.165) is 16.3 Å². The second kappa shape index (κ2) is 9.58. The van der Waals surface area contributed by atoms with Crippen LogP contribution in [-0.4, -0.2) is 24.0 Å². The molecule has 0 unspecified atom stereocenters. The molecule has 3 aromatic carbocycles. The molecule has 0 fully saturated rings. The highest BCUT2D eigenvalue weighted by Gasteiger charge is 2.20. The van der Waals surface area contributed by atoms with Crippen molar-refractivity contribution in [3.8, 4) is 5.75 Å². The first-order valence-corrected chi connectivity index (χ1v) is 10.2. The number of carbonyl (C=O) groups is 1. The highest BCUT2D eigenvalue weighted by molar-refractivity contribution is 6.33. The van der Waals surface area contributed by atoms with Gasteiger partial charge in [-0.25, -0.2) is 4.39 Å². The van der Waals surface area contributed by atoms with Crippen molar-refractivity contribution in [2.75, 3.05) is 18.1 Å². The summed E-state index contributed by atoms with van der Waals surface area (Å²) in [5.41, 5.74) is 1.54. The monoisotopic (exact) mass is 434 g/mol. The summed E-state index contributed by atoms with van der Waals surface area (Å²) in [5.74, 6) is -0.123. The molecule has 0 aliphatic carbocycles. The van der Waals surface area contributed by atoms with Gasteiger partial charge in [-0.2, -0.15) is 0 Å². The van der Waals surface area contributed by atoms with Crippen molar-refractivity contribution >= 4 is 34.0 Å². The number of fused-ring (bicyclic) bond motifs is 1. The summed E-state index contributed by atoms with van der Waals surface area (Å²) in [6, 6.07) is 21.3. The number of halogens is 2. The second-order valence-corrected chi connectivity index (χ2v) is 7.43. The van der Waals surface area contributed by atoms with E-state index in [1.165, 1.54) is 18.2 Å². The van der Waals surface area contributed by atoms with Gasteiger partial charge in [-0.05, 0) is 42.3 Å². The van der Waals surface area contributed by atoms with Gasteiger partial charge in [0.2, 0.25) is 0 Å². The summed E-state index contributed by atoms with van der Waals surface area (Å²) in [6.07, 6.45) is 4.05. The minimum atomic E-state index is -0.454. The topological polar surface area (TPSA) is 42.4 Å². The number of ether oxygens (including phenoxy) is 1. The third kappa shape index (κ3) is 5.01. The van der Waals surface area contributed by atoms with Crippen molar-refractivity contribution in [2.24, 2.45) is 0 Å². The zero-order valence-electron chi connectivity index (χ0n) is 16.7. The molecular formula is C25H20ClFN2O2. The van der Waals surface area contributed by atoms with Gasteiger partial charge >= 0.3 is 0 Å². The third-order valence-corrected chi connectivity index (χ3v) is 5.26. The van der Waals surface area contributed by atoms with Gasteiger partial charge in [-0.1, -0.05) is 54.1 Å². The lowest BCUT2D eigenvalue weighted by Crippen LogP contribution is -2.37. The molecule has 0 saturated heterocycles. The molecule has 0 N–H and O–H groups in total. The van der Waals surface area contributed by atoms with E-state index in [-0.39, 0.29) is 17.5 Å². The molecule has 1 amide bonds. The molecule has 0 atom stereocenters. The number of benzene rings is 3. The quantitative estimate of drug-likeness (QED) is 0.375. The number of rotatable bonds is 7. The number of aromatic nitrogens is 1. The molecule has 4 nitrogen and oxygen atoms in total. The van der Waals surface area contributed by atoms with Crippen LogP contribution in [0.15, 0.2) is 85.2 Å². The van der Waals surface area contributed by atoms with Crippen LogP contribution in [0.25, 0.3) is 10.8 Å². The van der Waals surface area contributed by atoms with Gasteiger partial charge in [-0.15, -0.1) is 0 Å². The standard InChI is InChI=1S/C25H20ClFN2O2/c26-22-15-20(27)9-10-23(22)29(14-12-18-5-2-1-3-6-18)25(30)17-31-24-8-4-7-19-16-28-13-11-21(19)24/h1-11,13,15-16H,12,14,17H2. The van der Waals surface area contributed by atoms with E-state index in [9.17, 15) is 9.18 Å². The van der Waals surface area contributed by atoms with E-state index in [1.54, 1.807) is 17.3 Å². The van der Waals surface area contributed by atoms with Crippen molar-refractivity contribution in [3.05, 3.63) is 102 Å². The van der Waals surface area contributed by atoms with Crippen LogP contribution in [0.4, 0.5) is 10.1 Å². The van der Waals surface area contributed by atoms with Crippen LogP contribution in [0.1, 0.15) is 5.56 Å². The zero-order chi connectivity index (χ0) is 21.6. The van der Waals surface area contributed by atoms with Gasteiger partial charge in [0.05, 0.1) is 10.7 Å². The van der Waals surface area contributed by atoms with Crippen molar-refractivity contribution < 1.29 is 13.9 Å². The molecular weight excluding hydrogens is 415 g/mol. The summed E-state index contributed by atoms with van der Waals surface area (Å²) in [6.45, 7) is 0.209. The number of hydrogen-bond acceptors (Lipinski definition) is 3. The van der Waals surface area contributed by atoms with Gasteiger partial charge in [0.25, 0.3) is 5.91 Å². The molecule has 0 bridgehead atoms. The van der Waals surface area contributed by atoms with E-state index in [2.05, 4.69) is 4.98 Å². The lowest BCUT2D eigenvalue weighted by atomic mass is 10.1. The summed E-state index contributed by atoms with van der Waals surface area (Å²) in [4.78, 5) is 18.8. The Morgan fingerprint density at radius 3 is 2.68 bits per heavy atom. The van der Waals surface area contributed by atoms with Crippen LogP contribution in [-0.2, 0) is 11.2 Å². The fraction of sp³-hybridized carbons (Fsp3) is 0.120. The average Bonchev–Trinajstić information content (AvgIpc) is 2.79. The fourth-order valence-electron chi connectivity index (χ4n) is 3.40. The van der Waals surface area contributed by atoms with Crippen LogP contribution in [0.3, 0.4) is 0 Å². The smallest absolute Gasteiger partial charge is 0.264 e. The third-order valence-electron chi connectivity index (χ3n) is 4.96. The van der Waals surface area contributed by atoms with Gasteiger partial charge in [0.15, 0.2) is 6.61 Å². The Hall–Kier alpha value is -3.44. The first kappa shape index (κ1) is 20.8. The second-order valence-electron chi connectivity index (χ2n) is 7.02. The van der Waals surface area contributed by atoms with Gasteiger partial charge < -0.3 is 9.64 Å². The SMILES string of the molecule is O=C(COc1cccc2cnccc12)N(CCc1ccccc1)c1ccc(F)cc1Cl. The Morgan fingerprint density at radius 2 is 1.87 bits per heavy atom.